The van der Waals surface area contributed by atoms with Crippen LogP contribution in [0.3, 0.4) is 0 Å². The molecule has 1 aromatic rings. The second kappa shape index (κ2) is 10.7. The maximum absolute atomic E-state index is 13.9. The van der Waals surface area contributed by atoms with Crippen molar-refractivity contribution < 1.29 is 31.9 Å². The summed E-state index contributed by atoms with van der Waals surface area (Å²) in [5.41, 5.74) is -0.465. The SMILES string of the molecule is CC(C)[C@H](NS(=O)(=O)c1ccccc1F)C(=O)OCC(=O)N(C)CC(=O)NC(C)(C)C. The molecule has 31 heavy (non-hydrogen) atoms. The number of nitrogens with one attached hydrogen (secondary N) is 2. The van der Waals surface area contributed by atoms with Gasteiger partial charge in [0.25, 0.3) is 5.91 Å². The minimum absolute atomic E-state index is 0.235. The number of ether oxygens (including phenoxy) is 1. The van der Waals surface area contributed by atoms with Gasteiger partial charge in [-0.1, -0.05) is 26.0 Å². The van der Waals surface area contributed by atoms with Gasteiger partial charge in [-0.2, -0.15) is 4.72 Å². The van der Waals surface area contributed by atoms with E-state index in [0.29, 0.717) is 0 Å². The smallest absolute Gasteiger partial charge is 0.324 e. The first-order chi connectivity index (χ1) is 14.1. The van der Waals surface area contributed by atoms with Crippen molar-refractivity contribution in [3.05, 3.63) is 30.1 Å². The van der Waals surface area contributed by atoms with Crippen LogP contribution in [0.1, 0.15) is 34.6 Å². The minimum atomic E-state index is -4.34. The molecule has 0 saturated heterocycles. The lowest BCUT2D eigenvalue weighted by Crippen LogP contribution is -2.48. The molecule has 0 aliphatic heterocycles. The van der Waals surface area contributed by atoms with Crippen LogP contribution in [-0.4, -0.2) is 62.9 Å². The highest BCUT2D eigenvalue weighted by atomic mass is 32.2. The molecule has 0 spiro atoms. The van der Waals surface area contributed by atoms with E-state index in [1.165, 1.54) is 19.2 Å². The van der Waals surface area contributed by atoms with Crippen LogP contribution in [0.15, 0.2) is 29.2 Å². The number of nitrogens with zero attached hydrogens (tertiary/aromatic N) is 1. The van der Waals surface area contributed by atoms with E-state index < -0.39 is 56.7 Å². The lowest BCUT2D eigenvalue weighted by molar-refractivity contribution is -0.154. The largest absolute Gasteiger partial charge is 0.454 e. The number of carbonyl (C=O) groups excluding carboxylic acids is 3. The summed E-state index contributed by atoms with van der Waals surface area (Å²) in [6, 6.07) is 3.41. The fourth-order valence-corrected chi connectivity index (χ4v) is 3.86. The summed E-state index contributed by atoms with van der Waals surface area (Å²) in [6.07, 6.45) is 0. The maximum atomic E-state index is 13.9. The van der Waals surface area contributed by atoms with Gasteiger partial charge < -0.3 is 15.0 Å². The zero-order valence-electron chi connectivity index (χ0n) is 18.6. The second-order valence-electron chi connectivity index (χ2n) is 8.43. The molecule has 0 fully saturated rings. The third-order valence-electron chi connectivity index (χ3n) is 3.99. The average Bonchev–Trinajstić information content (AvgIpc) is 2.62. The highest BCUT2D eigenvalue weighted by molar-refractivity contribution is 7.89. The predicted molar refractivity (Wildman–Crippen MR) is 112 cm³/mol. The van der Waals surface area contributed by atoms with Crippen molar-refractivity contribution >= 4 is 27.8 Å². The second-order valence-corrected chi connectivity index (χ2v) is 10.1. The van der Waals surface area contributed by atoms with Crippen LogP contribution in [0.25, 0.3) is 0 Å². The fraction of sp³-hybridized carbons (Fsp3) is 0.550. The van der Waals surface area contributed by atoms with E-state index in [1.54, 1.807) is 34.6 Å². The summed E-state index contributed by atoms with van der Waals surface area (Å²) in [4.78, 5) is 37.0. The lowest BCUT2D eigenvalue weighted by atomic mass is 10.1. The first-order valence-corrected chi connectivity index (χ1v) is 11.1. The lowest BCUT2D eigenvalue weighted by Gasteiger charge is -2.24. The first-order valence-electron chi connectivity index (χ1n) is 9.62. The Bertz CT molecular complexity index is 912. The van der Waals surface area contributed by atoms with E-state index >= 15 is 0 Å². The molecule has 9 nitrogen and oxygen atoms in total. The van der Waals surface area contributed by atoms with Gasteiger partial charge in [0.1, 0.15) is 16.8 Å². The Morgan fingerprint density at radius 2 is 1.74 bits per heavy atom. The molecule has 2 amide bonds. The first kappa shape index (κ1) is 26.5. The molecule has 174 valence electrons. The minimum Gasteiger partial charge on any atom is -0.454 e. The summed E-state index contributed by atoms with van der Waals surface area (Å²) in [7, 11) is -2.97. The molecule has 0 radical (unpaired) electrons. The molecular formula is C20H30FN3O6S. The molecule has 1 aromatic carbocycles. The van der Waals surface area contributed by atoms with Crippen molar-refractivity contribution in [3.63, 3.8) is 0 Å². The number of hydrogen-bond acceptors (Lipinski definition) is 6. The van der Waals surface area contributed by atoms with Gasteiger partial charge in [-0.3, -0.25) is 14.4 Å². The zero-order chi connectivity index (χ0) is 24.0. The van der Waals surface area contributed by atoms with Crippen molar-refractivity contribution in [3.8, 4) is 0 Å². The number of esters is 1. The standard InChI is InChI=1S/C20H30FN3O6S/c1-13(2)18(23-31(28,29)15-10-8-7-9-14(15)21)19(27)30-12-17(26)24(6)11-16(25)22-20(3,4)5/h7-10,13,18,23H,11-12H2,1-6H3,(H,22,25)/t18-/m0/s1. The normalized spacial score (nSPS) is 12.9. The summed E-state index contributed by atoms with van der Waals surface area (Å²) >= 11 is 0. The highest BCUT2D eigenvalue weighted by Gasteiger charge is 2.31. The van der Waals surface area contributed by atoms with Crippen molar-refractivity contribution in [2.75, 3.05) is 20.2 Å². The molecule has 0 saturated carbocycles. The van der Waals surface area contributed by atoms with E-state index in [1.807, 2.05) is 0 Å². The van der Waals surface area contributed by atoms with E-state index in [4.69, 9.17) is 4.74 Å². The third-order valence-corrected chi connectivity index (χ3v) is 5.46. The van der Waals surface area contributed by atoms with Crippen molar-refractivity contribution in [1.82, 2.24) is 14.9 Å². The van der Waals surface area contributed by atoms with Crippen LogP contribution >= 0.6 is 0 Å². The summed E-state index contributed by atoms with van der Waals surface area (Å²) in [5, 5.41) is 2.70. The molecule has 11 heteroatoms. The van der Waals surface area contributed by atoms with Gasteiger partial charge in [-0.15, -0.1) is 0 Å². The van der Waals surface area contributed by atoms with Crippen LogP contribution < -0.4 is 10.0 Å². The number of carbonyl (C=O) groups is 3. The Kier molecular flexibility index (Phi) is 9.12. The molecule has 2 N–H and O–H groups in total. The summed E-state index contributed by atoms with van der Waals surface area (Å²) in [6.45, 7) is 7.61. The molecular weight excluding hydrogens is 429 g/mol. The van der Waals surface area contributed by atoms with Gasteiger partial charge in [-0.25, -0.2) is 12.8 Å². The van der Waals surface area contributed by atoms with Crippen LogP contribution in [0, 0.1) is 11.7 Å². The van der Waals surface area contributed by atoms with E-state index in [0.717, 1.165) is 17.0 Å². The third kappa shape index (κ3) is 8.62. The number of halogens is 1. The van der Waals surface area contributed by atoms with Gasteiger partial charge in [0, 0.05) is 12.6 Å². The zero-order valence-corrected chi connectivity index (χ0v) is 19.4. The molecule has 1 atom stereocenters. The quantitative estimate of drug-likeness (QED) is 0.532. The number of benzene rings is 1. The number of likely N-dealkylation sites (N-methyl/N-ethyl adjacent to an activating group) is 1. The molecule has 0 unspecified atom stereocenters. The van der Waals surface area contributed by atoms with Crippen molar-refractivity contribution in [2.24, 2.45) is 5.92 Å². The maximum Gasteiger partial charge on any atom is 0.324 e. The fourth-order valence-electron chi connectivity index (χ4n) is 2.44. The van der Waals surface area contributed by atoms with Crippen LogP contribution in [0.2, 0.25) is 0 Å². The van der Waals surface area contributed by atoms with Crippen LogP contribution in [-0.2, 0) is 29.1 Å². The Balaban J connectivity index is 2.75. The number of hydrogen-bond donors (Lipinski definition) is 2. The van der Waals surface area contributed by atoms with Gasteiger partial charge in [-0.05, 0) is 38.8 Å². The number of rotatable bonds is 9. The predicted octanol–water partition coefficient (Wildman–Crippen LogP) is 1.04. The Hall–Kier alpha value is -2.53. The summed E-state index contributed by atoms with van der Waals surface area (Å²) in [5.74, 6) is -3.52. The van der Waals surface area contributed by atoms with Crippen molar-refractivity contribution in [1.29, 1.82) is 0 Å². The van der Waals surface area contributed by atoms with E-state index in [9.17, 15) is 27.2 Å². The van der Waals surface area contributed by atoms with Crippen LogP contribution in [0.4, 0.5) is 4.39 Å². The van der Waals surface area contributed by atoms with Gasteiger partial charge in [0.15, 0.2) is 6.61 Å². The Morgan fingerprint density at radius 3 is 2.26 bits per heavy atom. The van der Waals surface area contributed by atoms with Gasteiger partial charge in [0.2, 0.25) is 15.9 Å². The Labute approximate surface area is 182 Å². The Morgan fingerprint density at radius 1 is 1.16 bits per heavy atom. The molecule has 0 aliphatic rings. The molecule has 0 aromatic heterocycles. The van der Waals surface area contributed by atoms with Gasteiger partial charge in [0.05, 0.1) is 6.54 Å². The molecule has 1 rings (SSSR count). The monoisotopic (exact) mass is 459 g/mol. The van der Waals surface area contributed by atoms with E-state index in [2.05, 4.69) is 10.0 Å². The topological polar surface area (TPSA) is 122 Å². The van der Waals surface area contributed by atoms with Crippen LogP contribution in [0.5, 0.6) is 0 Å². The molecule has 0 aliphatic carbocycles. The molecule has 0 heterocycles. The average molecular weight is 460 g/mol. The highest BCUT2D eigenvalue weighted by Crippen LogP contribution is 2.16. The van der Waals surface area contributed by atoms with Gasteiger partial charge >= 0.3 is 5.97 Å². The van der Waals surface area contributed by atoms with E-state index in [-0.39, 0.29) is 12.5 Å². The van der Waals surface area contributed by atoms with Crippen molar-refractivity contribution in [2.45, 2.75) is 51.1 Å². The number of sulfonamides is 1. The summed E-state index contributed by atoms with van der Waals surface area (Å²) < 4.78 is 45.9. The molecule has 0 bridgehead atoms. The number of amides is 2.